The summed E-state index contributed by atoms with van der Waals surface area (Å²) in [4.78, 5) is 23.2. The highest BCUT2D eigenvalue weighted by Gasteiger charge is 2.39. The average Bonchev–Trinajstić information content (AvgIpc) is 2.97. The van der Waals surface area contributed by atoms with E-state index in [4.69, 9.17) is 0 Å². The maximum absolute atomic E-state index is 14.0. The van der Waals surface area contributed by atoms with Crippen LogP contribution in [0.15, 0.2) is 36.2 Å². The van der Waals surface area contributed by atoms with Gasteiger partial charge >= 0.3 is 5.97 Å². The molecular weight excluding hydrogens is 375 g/mol. The minimum absolute atomic E-state index is 0.0311. The molecule has 5 nitrogen and oxygen atoms in total. The number of hydrogen-bond acceptors (Lipinski definition) is 5. The van der Waals surface area contributed by atoms with Crippen molar-refractivity contribution in [1.29, 1.82) is 0 Å². The lowest BCUT2D eigenvalue weighted by Gasteiger charge is -2.16. The van der Waals surface area contributed by atoms with E-state index in [9.17, 15) is 24.2 Å². The minimum atomic E-state index is -1.35. The van der Waals surface area contributed by atoms with E-state index in [-0.39, 0.29) is 24.1 Å². The molecule has 0 aliphatic heterocycles. The third-order valence-corrected chi connectivity index (χ3v) is 5.21. The van der Waals surface area contributed by atoms with E-state index in [0.717, 1.165) is 19.3 Å². The Bertz CT molecular complexity index is 596. The van der Waals surface area contributed by atoms with E-state index in [1.165, 1.54) is 19.3 Å². The van der Waals surface area contributed by atoms with Crippen LogP contribution in [0, 0.1) is 11.8 Å². The van der Waals surface area contributed by atoms with Crippen LogP contribution in [0.3, 0.4) is 0 Å². The topological polar surface area (TPSA) is 83.8 Å². The molecule has 1 fully saturated rings. The molecule has 1 rings (SSSR count). The molecule has 29 heavy (non-hydrogen) atoms. The average molecular weight is 411 g/mol. The van der Waals surface area contributed by atoms with Crippen LogP contribution < -0.4 is 0 Å². The number of allylic oxidation sites excluding steroid dienone is 3. The van der Waals surface area contributed by atoms with E-state index in [0.29, 0.717) is 32.1 Å². The maximum Gasteiger partial charge on any atom is 0.305 e. The number of esters is 1. The molecule has 6 heteroatoms. The second-order valence-electron chi connectivity index (χ2n) is 7.51. The van der Waals surface area contributed by atoms with Crippen LogP contribution in [0.1, 0.15) is 64.7 Å². The summed E-state index contributed by atoms with van der Waals surface area (Å²) < 4.78 is 18.5. The van der Waals surface area contributed by atoms with Crippen LogP contribution >= 0.6 is 0 Å². The minimum Gasteiger partial charge on any atom is -0.469 e. The summed E-state index contributed by atoms with van der Waals surface area (Å²) >= 11 is 0. The number of methoxy groups -OCH3 is 1. The number of ketones is 1. The molecule has 0 saturated heterocycles. The molecule has 0 heterocycles. The number of hydrogen-bond donors (Lipinski definition) is 2. The summed E-state index contributed by atoms with van der Waals surface area (Å²) in [5.74, 6) is -1.70. The van der Waals surface area contributed by atoms with Crippen molar-refractivity contribution in [2.75, 3.05) is 7.11 Å². The molecule has 1 aliphatic carbocycles. The summed E-state index contributed by atoms with van der Waals surface area (Å²) in [5, 5.41) is 20.1. The molecule has 2 N–H and O–H groups in total. The quantitative estimate of drug-likeness (QED) is 0.270. The molecule has 0 radical (unpaired) electrons. The highest BCUT2D eigenvalue weighted by molar-refractivity contribution is 5.84. The van der Waals surface area contributed by atoms with Crippen LogP contribution in [0.25, 0.3) is 0 Å². The monoisotopic (exact) mass is 410 g/mol. The first-order valence-corrected chi connectivity index (χ1v) is 10.5. The van der Waals surface area contributed by atoms with Gasteiger partial charge in [-0.05, 0) is 38.2 Å². The van der Waals surface area contributed by atoms with E-state index >= 15 is 0 Å². The lowest BCUT2D eigenvalue weighted by atomic mass is 9.90. The molecule has 164 valence electrons. The zero-order valence-corrected chi connectivity index (χ0v) is 17.6. The maximum atomic E-state index is 14.0. The van der Waals surface area contributed by atoms with Crippen LogP contribution in [-0.2, 0) is 14.3 Å². The van der Waals surface area contributed by atoms with E-state index in [2.05, 4.69) is 11.7 Å². The van der Waals surface area contributed by atoms with Crippen molar-refractivity contribution >= 4 is 11.8 Å². The predicted molar refractivity (Wildman–Crippen MR) is 111 cm³/mol. The summed E-state index contributed by atoms with van der Waals surface area (Å²) in [5.41, 5.74) is 0. The molecule has 4 atom stereocenters. The first-order valence-electron chi connectivity index (χ1n) is 10.5. The highest BCUT2D eigenvalue weighted by atomic mass is 19.1. The largest absolute Gasteiger partial charge is 0.469 e. The van der Waals surface area contributed by atoms with Crippen molar-refractivity contribution in [2.24, 2.45) is 11.8 Å². The van der Waals surface area contributed by atoms with Gasteiger partial charge in [0.15, 0.2) is 0 Å². The first kappa shape index (κ1) is 25.2. The van der Waals surface area contributed by atoms with E-state index in [1.807, 2.05) is 12.2 Å². The van der Waals surface area contributed by atoms with Gasteiger partial charge < -0.3 is 14.9 Å². The third-order valence-electron chi connectivity index (χ3n) is 5.21. The molecule has 0 unspecified atom stereocenters. The van der Waals surface area contributed by atoms with Crippen molar-refractivity contribution in [3.63, 3.8) is 0 Å². The van der Waals surface area contributed by atoms with Crippen LogP contribution in [0.2, 0.25) is 0 Å². The Labute approximate surface area is 173 Å². The number of rotatable bonds is 13. The van der Waals surface area contributed by atoms with Crippen molar-refractivity contribution in [3.05, 3.63) is 36.2 Å². The molecule has 1 aliphatic rings. The molecule has 0 aromatic heterocycles. The van der Waals surface area contributed by atoms with Crippen LogP contribution in [0.4, 0.5) is 4.39 Å². The van der Waals surface area contributed by atoms with Crippen LogP contribution in [0.5, 0.6) is 0 Å². The van der Waals surface area contributed by atoms with Crippen molar-refractivity contribution in [3.8, 4) is 0 Å². The third kappa shape index (κ3) is 9.50. The lowest BCUT2D eigenvalue weighted by molar-refractivity contribution is -0.140. The van der Waals surface area contributed by atoms with Gasteiger partial charge in [-0.1, -0.05) is 44.1 Å². The Hall–Kier alpha value is -1.79. The number of aliphatic hydroxyl groups excluding tert-OH is 2. The summed E-state index contributed by atoms with van der Waals surface area (Å²) in [6, 6.07) is 0. The number of Topliss-reactive ketones (excluding diaryl/α,β-unsaturated/α-hetero) is 1. The van der Waals surface area contributed by atoms with Crippen LogP contribution in [-0.4, -0.2) is 41.3 Å². The van der Waals surface area contributed by atoms with Gasteiger partial charge in [0.2, 0.25) is 0 Å². The number of halogens is 1. The fourth-order valence-corrected chi connectivity index (χ4v) is 3.43. The van der Waals surface area contributed by atoms with Gasteiger partial charge in [-0.25, -0.2) is 4.39 Å². The SMILES string of the molecule is CCCCC/C=C(\F)[C@H](O)/C=C/[C@H]1[C@H](O)CC(=O)[C@@H]1C/C=C\CCCC(=O)OC. The molecule has 0 bridgehead atoms. The van der Waals surface area contributed by atoms with Gasteiger partial charge in [0, 0.05) is 24.7 Å². The highest BCUT2D eigenvalue weighted by Crippen LogP contribution is 2.33. The number of aliphatic hydroxyl groups is 2. The molecule has 0 aromatic rings. The Morgan fingerprint density at radius 2 is 2.03 bits per heavy atom. The normalized spacial score (nSPS) is 24.0. The summed E-state index contributed by atoms with van der Waals surface area (Å²) in [7, 11) is 1.36. The summed E-state index contributed by atoms with van der Waals surface area (Å²) in [6.07, 6.45) is 11.7. The zero-order valence-electron chi connectivity index (χ0n) is 17.6. The van der Waals surface area contributed by atoms with Crippen molar-refractivity contribution < 1.29 is 28.9 Å². The molecule has 0 spiro atoms. The second-order valence-corrected chi connectivity index (χ2v) is 7.51. The van der Waals surface area contributed by atoms with Gasteiger partial charge in [-0.3, -0.25) is 9.59 Å². The Kier molecular flexibility index (Phi) is 12.4. The van der Waals surface area contributed by atoms with Gasteiger partial charge in [0.05, 0.1) is 13.2 Å². The Morgan fingerprint density at radius 1 is 1.28 bits per heavy atom. The lowest BCUT2D eigenvalue weighted by Crippen LogP contribution is -2.19. The Balaban J connectivity index is 2.55. The number of ether oxygens (including phenoxy) is 1. The molecular formula is C23H35FO5. The van der Waals surface area contributed by atoms with E-state index in [1.54, 1.807) is 6.08 Å². The van der Waals surface area contributed by atoms with Gasteiger partial charge in [-0.15, -0.1) is 0 Å². The fourth-order valence-electron chi connectivity index (χ4n) is 3.43. The summed E-state index contributed by atoms with van der Waals surface area (Å²) in [6.45, 7) is 2.07. The standard InChI is InChI=1S/C23H35FO5/c1-3-4-5-9-12-19(24)20(25)15-14-18-17(21(26)16-22(18)27)11-8-6-7-10-13-23(28)29-2/h6,8,12,14-15,17-18,20,22,25,27H,3-5,7,9-11,13,16H2,1-2H3/b8-6-,15-14+,19-12-/t17-,18-,20-,22-/m1/s1. The molecule has 0 amide bonds. The number of carbonyl (C=O) groups excluding carboxylic acids is 2. The van der Waals surface area contributed by atoms with Crippen molar-refractivity contribution in [1.82, 2.24) is 0 Å². The number of carbonyl (C=O) groups is 2. The predicted octanol–water partition coefficient (Wildman–Crippen LogP) is 4.19. The van der Waals surface area contributed by atoms with Crippen molar-refractivity contribution in [2.45, 2.75) is 76.9 Å². The molecule has 0 aromatic carbocycles. The van der Waals surface area contributed by atoms with Gasteiger partial charge in [0.1, 0.15) is 17.7 Å². The Morgan fingerprint density at radius 3 is 2.72 bits per heavy atom. The van der Waals surface area contributed by atoms with Gasteiger partial charge in [-0.2, -0.15) is 0 Å². The smallest absolute Gasteiger partial charge is 0.305 e. The molecule has 1 saturated carbocycles. The number of unbranched alkanes of at least 4 members (excludes halogenated alkanes) is 4. The zero-order chi connectivity index (χ0) is 21.6. The first-order chi connectivity index (χ1) is 13.9. The fraction of sp³-hybridized carbons (Fsp3) is 0.652. The second kappa shape index (κ2) is 14.2. The van der Waals surface area contributed by atoms with E-state index < -0.39 is 24.0 Å². The van der Waals surface area contributed by atoms with Gasteiger partial charge in [0.25, 0.3) is 0 Å².